The molecule has 0 aliphatic rings. The summed E-state index contributed by atoms with van der Waals surface area (Å²) < 4.78 is 10.7. The predicted molar refractivity (Wildman–Crippen MR) is 90.9 cm³/mol. The molecule has 1 atom stereocenters. The molecule has 2 rings (SSSR count). The Morgan fingerprint density at radius 3 is 2.52 bits per heavy atom. The summed E-state index contributed by atoms with van der Waals surface area (Å²) in [5.41, 5.74) is 2.85. The highest BCUT2D eigenvalue weighted by molar-refractivity contribution is 5.89. The molecule has 0 saturated heterocycles. The molecular formula is C18H22N2O3. The normalized spacial score (nSPS) is 11.6. The largest absolute Gasteiger partial charge is 0.497 e. The number of aryl methyl sites for hydroxylation is 1. The molecule has 122 valence electrons. The van der Waals surface area contributed by atoms with Gasteiger partial charge in [-0.15, -0.1) is 0 Å². The third kappa shape index (κ3) is 5.00. The zero-order valence-electron chi connectivity index (χ0n) is 13.6. The van der Waals surface area contributed by atoms with E-state index in [0.29, 0.717) is 6.54 Å². The van der Waals surface area contributed by atoms with E-state index in [2.05, 4.69) is 10.6 Å². The summed E-state index contributed by atoms with van der Waals surface area (Å²) in [6, 6.07) is 15.0. The zero-order chi connectivity index (χ0) is 16.7. The second kappa shape index (κ2) is 8.19. The Morgan fingerprint density at radius 1 is 1.13 bits per heavy atom. The fourth-order valence-electron chi connectivity index (χ4n) is 2.18. The molecule has 0 aliphatic heterocycles. The van der Waals surface area contributed by atoms with Crippen LogP contribution in [0, 0.1) is 6.92 Å². The van der Waals surface area contributed by atoms with Crippen molar-refractivity contribution in [3.05, 3.63) is 59.7 Å². The van der Waals surface area contributed by atoms with Gasteiger partial charge in [-0.05, 0) is 36.8 Å². The average molecular weight is 314 g/mol. The van der Waals surface area contributed by atoms with Crippen LogP contribution in [-0.2, 0) is 4.74 Å². The first kappa shape index (κ1) is 16.8. The number of carbonyl (C=O) groups excluding carboxylic acids is 1. The maximum Gasteiger partial charge on any atom is 0.319 e. The Hall–Kier alpha value is -2.53. The number of urea groups is 1. The molecule has 0 bridgehead atoms. The fourth-order valence-corrected chi connectivity index (χ4v) is 2.18. The summed E-state index contributed by atoms with van der Waals surface area (Å²) in [6.07, 6.45) is -0.242. The molecule has 0 heterocycles. The van der Waals surface area contributed by atoms with Crippen LogP contribution in [0.15, 0.2) is 48.5 Å². The molecule has 2 N–H and O–H groups in total. The fraction of sp³-hybridized carbons (Fsp3) is 0.278. The number of ether oxygens (including phenoxy) is 2. The first-order valence-corrected chi connectivity index (χ1v) is 7.40. The number of anilines is 1. The summed E-state index contributed by atoms with van der Waals surface area (Å²) in [4.78, 5) is 12.0. The van der Waals surface area contributed by atoms with Crippen LogP contribution in [-0.4, -0.2) is 26.8 Å². The number of rotatable bonds is 6. The lowest BCUT2D eigenvalue weighted by atomic mass is 10.1. The van der Waals surface area contributed by atoms with Crippen molar-refractivity contribution in [2.75, 3.05) is 26.1 Å². The molecule has 5 heteroatoms. The van der Waals surface area contributed by atoms with Crippen molar-refractivity contribution in [3.63, 3.8) is 0 Å². The summed E-state index contributed by atoms with van der Waals surface area (Å²) in [7, 11) is 3.23. The number of methoxy groups -OCH3 is 2. The van der Waals surface area contributed by atoms with Crippen molar-refractivity contribution < 1.29 is 14.3 Å². The second-order valence-corrected chi connectivity index (χ2v) is 5.20. The van der Waals surface area contributed by atoms with Crippen LogP contribution in [0.3, 0.4) is 0 Å². The van der Waals surface area contributed by atoms with Gasteiger partial charge in [0.2, 0.25) is 0 Å². The van der Waals surface area contributed by atoms with Gasteiger partial charge in [-0.25, -0.2) is 4.79 Å². The Morgan fingerprint density at radius 2 is 1.87 bits per heavy atom. The third-order valence-electron chi connectivity index (χ3n) is 3.51. The van der Waals surface area contributed by atoms with Crippen LogP contribution in [0.4, 0.5) is 10.5 Å². The maximum absolute atomic E-state index is 12.0. The molecule has 0 aromatic heterocycles. The first-order valence-electron chi connectivity index (χ1n) is 7.40. The van der Waals surface area contributed by atoms with Gasteiger partial charge in [0.05, 0.1) is 13.2 Å². The van der Waals surface area contributed by atoms with E-state index in [1.54, 1.807) is 14.2 Å². The van der Waals surface area contributed by atoms with Crippen LogP contribution >= 0.6 is 0 Å². The van der Waals surface area contributed by atoms with E-state index in [4.69, 9.17) is 9.47 Å². The van der Waals surface area contributed by atoms with Gasteiger partial charge in [-0.1, -0.05) is 29.8 Å². The minimum absolute atomic E-state index is 0.242. The molecule has 1 unspecified atom stereocenters. The van der Waals surface area contributed by atoms with E-state index in [0.717, 1.165) is 22.6 Å². The van der Waals surface area contributed by atoms with E-state index in [9.17, 15) is 4.79 Å². The Kier molecular flexibility index (Phi) is 6.00. The van der Waals surface area contributed by atoms with Gasteiger partial charge in [0.1, 0.15) is 5.75 Å². The molecule has 0 spiro atoms. The molecule has 0 aliphatic carbocycles. The lowest BCUT2D eigenvalue weighted by Crippen LogP contribution is -2.32. The van der Waals surface area contributed by atoms with Crippen LogP contribution in [0.1, 0.15) is 17.2 Å². The van der Waals surface area contributed by atoms with E-state index < -0.39 is 0 Å². The van der Waals surface area contributed by atoms with Gasteiger partial charge in [-0.3, -0.25) is 0 Å². The van der Waals surface area contributed by atoms with Gasteiger partial charge in [0.25, 0.3) is 0 Å². The molecule has 2 aromatic carbocycles. The number of carbonyl (C=O) groups is 1. The Bertz CT molecular complexity index is 641. The van der Waals surface area contributed by atoms with Crippen LogP contribution in [0.25, 0.3) is 0 Å². The summed E-state index contributed by atoms with van der Waals surface area (Å²) in [5, 5.41) is 5.61. The van der Waals surface area contributed by atoms with Crippen molar-refractivity contribution in [1.82, 2.24) is 5.32 Å². The molecule has 0 radical (unpaired) electrons. The summed E-state index contributed by atoms with van der Waals surface area (Å²) in [6.45, 7) is 2.36. The van der Waals surface area contributed by atoms with E-state index in [-0.39, 0.29) is 12.1 Å². The van der Waals surface area contributed by atoms with Crippen molar-refractivity contribution in [2.45, 2.75) is 13.0 Å². The van der Waals surface area contributed by atoms with Crippen LogP contribution in [0.5, 0.6) is 5.75 Å². The van der Waals surface area contributed by atoms with E-state index in [1.165, 1.54) is 0 Å². The minimum atomic E-state index is -0.265. The Balaban J connectivity index is 1.91. The predicted octanol–water partition coefficient (Wildman–Crippen LogP) is 3.51. The standard InChI is InChI=1S/C18H22N2O3/c1-13-7-9-15(10-8-13)20-18(21)19-12-17(23-3)14-5-4-6-16(11-14)22-2/h4-11,17H,12H2,1-3H3,(H2,19,20,21). The van der Waals surface area contributed by atoms with Crippen molar-refractivity contribution >= 4 is 11.7 Å². The third-order valence-corrected chi connectivity index (χ3v) is 3.51. The minimum Gasteiger partial charge on any atom is -0.497 e. The van der Waals surface area contributed by atoms with E-state index >= 15 is 0 Å². The lowest BCUT2D eigenvalue weighted by molar-refractivity contribution is 0.104. The van der Waals surface area contributed by atoms with Crippen LogP contribution in [0.2, 0.25) is 0 Å². The van der Waals surface area contributed by atoms with Crippen LogP contribution < -0.4 is 15.4 Å². The SMILES string of the molecule is COc1cccc(C(CNC(=O)Nc2ccc(C)cc2)OC)c1. The molecule has 0 fully saturated rings. The average Bonchev–Trinajstić information content (AvgIpc) is 2.58. The number of hydrogen-bond donors (Lipinski definition) is 2. The molecule has 2 aromatic rings. The van der Waals surface area contributed by atoms with E-state index in [1.807, 2.05) is 55.5 Å². The quantitative estimate of drug-likeness (QED) is 0.858. The molecule has 5 nitrogen and oxygen atoms in total. The monoisotopic (exact) mass is 314 g/mol. The highest BCUT2D eigenvalue weighted by Gasteiger charge is 2.13. The smallest absolute Gasteiger partial charge is 0.319 e. The Labute approximate surface area is 136 Å². The lowest BCUT2D eigenvalue weighted by Gasteiger charge is -2.17. The summed E-state index contributed by atoms with van der Waals surface area (Å²) >= 11 is 0. The molecular weight excluding hydrogens is 292 g/mol. The topological polar surface area (TPSA) is 59.6 Å². The summed E-state index contributed by atoms with van der Waals surface area (Å²) in [5.74, 6) is 0.758. The van der Waals surface area contributed by atoms with Crippen molar-refractivity contribution in [2.24, 2.45) is 0 Å². The molecule has 23 heavy (non-hydrogen) atoms. The zero-order valence-corrected chi connectivity index (χ0v) is 13.6. The highest BCUT2D eigenvalue weighted by atomic mass is 16.5. The van der Waals surface area contributed by atoms with Gasteiger partial charge in [-0.2, -0.15) is 0 Å². The number of hydrogen-bond acceptors (Lipinski definition) is 3. The number of benzene rings is 2. The maximum atomic E-state index is 12.0. The van der Waals surface area contributed by atoms with Gasteiger partial charge >= 0.3 is 6.03 Å². The molecule has 2 amide bonds. The van der Waals surface area contributed by atoms with Crippen molar-refractivity contribution in [1.29, 1.82) is 0 Å². The highest BCUT2D eigenvalue weighted by Crippen LogP contribution is 2.21. The van der Waals surface area contributed by atoms with Gasteiger partial charge in [0.15, 0.2) is 0 Å². The first-order chi connectivity index (χ1) is 11.1. The number of amides is 2. The van der Waals surface area contributed by atoms with Crippen molar-refractivity contribution in [3.8, 4) is 5.75 Å². The number of nitrogens with one attached hydrogen (secondary N) is 2. The van der Waals surface area contributed by atoms with Gasteiger partial charge < -0.3 is 20.1 Å². The second-order valence-electron chi connectivity index (χ2n) is 5.20. The molecule has 0 saturated carbocycles. The van der Waals surface area contributed by atoms with Gasteiger partial charge in [0, 0.05) is 19.3 Å².